The van der Waals surface area contributed by atoms with E-state index in [2.05, 4.69) is 10.6 Å². The molecule has 7 heteroatoms. The third-order valence-corrected chi connectivity index (χ3v) is 6.37. The topological polar surface area (TPSA) is 93.7 Å². The van der Waals surface area contributed by atoms with Gasteiger partial charge in [0.05, 0.1) is 16.7 Å². The first-order chi connectivity index (χ1) is 16.1. The Morgan fingerprint density at radius 3 is 2.00 bits per heavy atom. The third kappa shape index (κ3) is 2.36. The van der Waals surface area contributed by atoms with Gasteiger partial charge in [0.1, 0.15) is 11.5 Å². The second-order valence-electron chi connectivity index (χ2n) is 8.13. The van der Waals surface area contributed by atoms with Crippen LogP contribution in [-0.4, -0.2) is 24.4 Å². The summed E-state index contributed by atoms with van der Waals surface area (Å²) >= 11 is 0. The first-order valence-corrected chi connectivity index (χ1v) is 10.4. The van der Waals surface area contributed by atoms with Crippen molar-refractivity contribution in [3.63, 3.8) is 0 Å². The second kappa shape index (κ2) is 6.20. The van der Waals surface area contributed by atoms with E-state index in [-0.39, 0.29) is 17.1 Å². The summed E-state index contributed by atoms with van der Waals surface area (Å²) in [6, 6.07) is 18.2. The van der Waals surface area contributed by atoms with Crippen LogP contribution in [0.15, 0.2) is 60.7 Å². The molecule has 0 atom stereocenters. The average molecular weight is 434 g/mol. The van der Waals surface area contributed by atoms with E-state index in [1.165, 1.54) is 0 Å². The Balaban J connectivity index is 1.43. The maximum absolute atomic E-state index is 12.9. The molecule has 0 aromatic heterocycles. The molecule has 1 amide bonds. The lowest BCUT2D eigenvalue weighted by atomic mass is 9.93. The van der Waals surface area contributed by atoms with E-state index in [9.17, 15) is 14.4 Å². The highest BCUT2D eigenvalue weighted by Crippen LogP contribution is 2.50. The molecule has 158 valence electrons. The molecule has 3 aromatic carbocycles. The minimum atomic E-state index is -0.607. The van der Waals surface area contributed by atoms with Gasteiger partial charge in [-0.15, -0.1) is 0 Å². The zero-order valence-corrected chi connectivity index (χ0v) is 17.0. The molecule has 3 aromatic rings. The van der Waals surface area contributed by atoms with Gasteiger partial charge in [0, 0.05) is 40.2 Å². The lowest BCUT2D eigenvalue weighted by Crippen LogP contribution is -2.09. The molecule has 4 heterocycles. The van der Waals surface area contributed by atoms with Gasteiger partial charge in [-0.2, -0.15) is 0 Å². The number of esters is 2. The summed E-state index contributed by atoms with van der Waals surface area (Å²) in [4.78, 5) is 38.5. The van der Waals surface area contributed by atoms with Crippen LogP contribution in [0.2, 0.25) is 0 Å². The van der Waals surface area contributed by atoms with Gasteiger partial charge in [-0.25, -0.2) is 9.59 Å². The molecular formula is C26H14N2O5. The summed E-state index contributed by atoms with van der Waals surface area (Å²) in [5, 5.41) is 6.08. The number of para-hydroxylation sites is 2. The van der Waals surface area contributed by atoms with Crippen LogP contribution in [0.3, 0.4) is 0 Å². The first-order valence-electron chi connectivity index (χ1n) is 10.4. The molecule has 0 saturated carbocycles. The predicted octanol–water partition coefficient (Wildman–Crippen LogP) is 3.72. The summed E-state index contributed by atoms with van der Waals surface area (Å²) in [6.07, 6.45) is 0. The van der Waals surface area contributed by atoms with Crippen LogP contribution in [0.25, 0.3) is 22.3 Å². The number of hydrogen-bond acceptors (Lipinski definition) is 6. The van der Waals surface area contributed by atoms with Crippen molar-refractivity contribution >= 4 is 51.5 Å². The number of benzene rings is 3. The number of fused-ring (bicyclic) bond motifs is 4. The van der Waals surface area contributed by atoms with E-state index >= 15 is 0 Å². The van der Waals surface area contributed by atoms with Gasteiger partial charge in [-0.1, -0.05) is 36.4 Å². The number of rotatable bonds is 0. The van der Waals surface area contributed by atoms with E-state index in [1.807, 2.05) is 30.3 Å². The number of carbonyl (C=O) groups is 3. The van der Waals surface area contributed by atoms with E-state index in [0.717, 1.165) is 16.8 Å². The fraction of sp³-hybridized carbons (Fsp3) is 0.0385. The fourth-order valence-corrected chi connectivity index (χ4v) is 4.93. The largest absolute Gasteiger partial charge is 0.422 e. The van der Waals surface area contributed by atoms with Crippen molar-refractivity contribution in [2.24, 2.45) is 0 Å². The highest BCUT2D eigenvalue weighted by molar-refractivity contribution is 6.46. The quantitative estimate of drug-likeness (QED) is 0.318. The number of carbonyl (C=O) groups excluding carboxylic acids is 3. The Hall–Kier alpha value is -4.65. The molecule has 0 unspecified atom stereocenters. The SMILES string of the molecule is O=C1Nc2ccccc2/C1=C1\C(=O)Oc2cc3c(cc21)OC(=O)/C3=C1/CNc2ccccc21. The summed E-state index contributed by atoms with van der Waals surface area (Å²) in [6.45, 7) is 0.492. The fourth-order valence-electron chi connectivity index (χ4n) is 4.93. The third-order valence-electron chi connectivity index (χ3n) is 6.37. The molecule has 33 heavy (non-hydrogen) atoms. The van der Waals surface area contributed by atoms with Crippen molar-refractivity contribution < 1.29 is 23.9 Å². The van der Waals surface area contributed by atoms with E-state index in [0.29, 0.717) is 46.0 Å². The molecular weight excluding hydrogens is 420 g/mol. The van der Waals surface area contributed by atoms with Gasteiger partial charge < -0.3 is 20.1 Å². The Labute approximate surface area is 187 Å². The Kier molecular flexibility index (Phi) is 3.38. The zero-order valence-electron chi connectivity index (χ0n) is 17.0. The van der Waals surface area contributed by atoms with Crippen molar-refractivity contribution in [3.8, 4) is 11.5 Å². The number of amides is 1. The number of ether oxygens (including phenoxy) is 2. The molecule has 0 radical (unpaired) electrons. The Morgan fingerprint density at radius 2 is 1.24 bits per heavy atom. The molecule has 2 N–H and O–H groups in total. The van der Waals surface area contributed by atoms with Crippen LogP contribution < -0.4 is 20.1 Å². The van der Waals surface area contributed by atoms with Crippen LogP contribution in [0.1, 0.15) is 22.3 Å². The molecule has 7 rings (SSSR count). The average Bonchev–Trinajstić information content (AvgIpc) is 3.53. The van der Waals surface area contributed by atoms with Gasteiger partial charge in [0.25, 0.3) is 5.91 Å². The van der Waals surface area contributed by atoms with Crippen molar-refractivity contribution in [3.05, 3.63) is 82.9 Å². The minimum absolute atomic E-state index is 0.167. The van der Waals surface area contributed by atoms with Crippen molar-refractivity contribution in [2.75, 3.05) is 17.2 Å². The summed E-state index contributed by atoms with van der Waals surface area (Å²) in [7, 11) is 0. The second-order valence-corrected chi connectivity index (χ2v) is 8.13. The number of hydrogen-bond donors (Lipinski definition) is 2. The first kappa shape index (κ1) is 18.0. The molecule has 4 aliphatic heterocycles. The van der Waals surface area contributed by atoms with Crippen molar-refractivity contribution in [1.29, 1.82) is 0 Å². The maximum atomic E-state index is 12.9. The number of anilines is 2. The predicted molar refractivity (Wildman–Crippen MR) is 121 cm³/mol. The smallest absolute Gasteiger partial charge is 0.345 e. The van der Waals surface area contributed by atoms with E-state index in [1.54, 1.807) is 30.3 Å². The highest BCUT2D eigenvalue weighted by atomic mass is 16.5. The summed E-state index contributed by atoms with van der Waals surface area (Å²) < 4.78 is 11.2. The lowest BCUT2D eigenvalue weighted by Gasteiger charge is -2.05. The van der Waals surface area contributed by atoms with E-state index in [4.69, 9.17) is 9.47 Å². The van der Waals surface area contributed by atoms with Gasteiger partial charge in [0.15, 0.2) is 0 Å². The molecule has 0 bridgehead atoms. The standard InChI is InChI=1S/C26H14N2O5/c29-24-22(13-6-2-4-8-18(13)28-24)23-15-10-19-14(9-20(15)33-26(23)31)21(25(30)32-19)16-11-27-17-7-3-1-5-12(16)17/h1-10,27H,11H2,(H,28,29)/b21-16-,23-22+. The van der Waals surface area contributed by atoms with Crippen molar-refractivity contribution in [2.45, 2.75) is 0 Å². The van der Waals surface area contributed by atoms with Crippen LogP contribution in [-0.2, 0) is 14.4 Å². The van der Waals surface area contributed by atoms with Gasteiger partial charge in [-0.3, -0.25) is 4.79 Å². The molecule has 0 fully saturated rings. The van der Waals surface area contributed by atoms with Crippen LogP contribution in [0.5, 0.6) is 11.5 Å². The van der Waals surface area contributed by atoms with Gasteiger partial charge in [0.2, 0.25) is 0 Å². The zero-order chi connectivity index (χ0) is 22.3. The van der Waals surface area contributed by atoms with Crippen LogP contribution in [0, 0.1) is 0 Å². The Bertz CT molecular complexity index is 1550. The lowest BCUT2D eigenvalue weighted by molar-refractivity contribution is -0.127. The molecule has 7 nitrogen and oxygen atoms in total. The number of nitrogens with one attached hydrogen (secondary N) is 2. The normalized spacial score (nSPS) is 21.6. The summed E-state index contributed by atoms with van der Waals surface area (Å²) in [5.41, 5.74) is 5.88. The van der Waals surface area contributed by atoms with Gasteiger partial charge in [-0.05, 0) is 29.8 Å². The van der Waals surface area contributed by atoms with E-state index < -0.39 is 11.9 Å². The maximum Gasteiger partial charge on any atom is 0.345 e. The molecule has 4 aliphatic rings. The van der Waals surface area contributed by atoms with Crippen molar-refractivity contribution in [1.82, 2.24) is 0 Å². The minimum Gasteiger partial charge on any atom is -0.422 e. The monoisotopic (exact) mass is 434 g/mol. The Morgan fingerprint density at radius 1 is 0.636 bits per heavy atom. The van der Waals surface area contributed by atoms with Crippen LogP contribution >= 0.6 is 0 Å². The summed E-state index contributed by atoms with van der Waals surface area (Å²) in [5.74, 6) is -0.789. The highest BCUT2D eigenvalue weighted by Gasteiger charge is 2.40. The van der Waals surface area contributed by atoms with Gasteiger partial charge >= 0.3 is 11.9 Å². The molecule has 0 spiro atoms. The molecule has 0 saturated heterocycles. The van der Waals surface area contributed by atoms with Crippen LogP contribution in [0.4, 0.5) is 11.4 Å². The molecule has 0 aliphatic carbocycles.